The molecule has 1 amide bonds. The second-order valence-corrected chi connectivity index (χ2v) is 5.27. The standard InChI is InChI=1S/C17H22N2O4/c1-3-4-9-23-17(21)19-15(16(20)22-2)10-12-11-18-14-8-6-5-7-13(12)14/h5-8,11,15,18H,3-4,9-10H2,1-2H3,(H,19,21)/t15-/m0/s1. The minimum absolute atomic E-state index is 0.333. The lowest BCUT2D eigenvalue weighted by molar-refractivity contribution is -0.142. The van der Waals surface area contributed by atoms with E-state index in [2.05, 4.69) is 10.3 Å². The van der Waals surface area contributed by atoms with Crippen LogP contribution < -0.4 is 5.32 Å². The highest BCUT2D eigenvalue weighted by molar-refractivity contribution is 5.86. The number of fused-ring (bicyclic) bond motifs is 1. The lowest BCUT2D eigenvalue weighted by atomic mass is 10.1. The van der Waals surface area contributed by atoms with Crippen molar-refractivity contribution in [3.05, 3.63) is 36.0 Å². The van der Waals surface area contributed by atoms with Gasteiger partial charge in [0, 0.05) is 23.5 Å². The van der Waals surface area contributed by atoms with Gasteiger partial charge in [-0.05, 0) is 18.1 Å². The maximum atomic E-state index is 11.9. The van der Waals surface area contributed by atoms with Crippen LogP contribution in [0.2, 0.25) is 0 Å². The molecule has 0 spiro atoms. The largest absolute Gasteiger partial charge is 0.467 e. The van der Waals surface area contributed by atoms with Gasteiger partial charge in [-0.1, -0.05) is 31.5 Å². The molecule has 124 valence electrons. The quantitative estimate of drug-likeness (QED) is 0.607. The minimum atomic E-state index is -0.784. The van der Waals surface area contributed by atoms with E-state index in [0.717, 1.165) is 29.3 Å². The Morgan fingerprint density at radius 2 is 2.09 bits per heavy atom. The van der Waals surface area contributed by atoms with Crippen LogP contribution in [0, 0.1) is 0 Å². The highest BCUT2D eigenvalue weighted by Gasteiger charge is 2.23. The number of para-hydroxylation sites is 1. The number of aromatic nitrogens is 1. The van der Waals surface area contributed by atoms with Crippen molar-refractivity contribution in [1.82, 2.24) is 10.3 Å². The van der Waals surface area contributed by atoms with Crippen molar-refractivity contribution in [3.8, 4) is 0 Å². The smallest absolute Gasteiger partial charge is 0.407 e. The third-order valence-corrected chi connectivity index (χ3v) is 3.61. The summed E-state index contributed by atoms with van der Waals surface area (Å²) < 4.78 is 9.83. The van der Waals surface area contributed by atoms with Gasteiger partial charge in [0.1, 0.15) is 6.04 Å². The van der Waals surface area contributed by atoms with Crippen LogP contribution in [0.3, 0.4) is 0 Å². The average molecular weight is 318 g/mol. The van der Waals surface area contributed by atoms with Gasteiger partial charge in [-0.3, -0.25) is 0 Å². The van der Waals surface area contributed by atoms with Crippen molar-refractivity contribution >= 4 is 23.0 Å². The maximum absolute atomic E-state index is 11.9. The van der Waals surface area contributed by atoms with E-state index in [-0.39, 0.29) is 0 Å². The molecule has 2 aromatic rings. The summed E-state index contributed by atoms with van der Waals surface area (Å²) in [6.45, 7) is 2.35. The van der Waals surface area contributed by atoms with Crippen molar-refractivity contribution in [1.29, 1.82) is 0 Å². The molecule has 0 saturated heterocycles. The molecule has 1 atom stereocenters. The van der Waals surface area contributed by atoms with Crippen molar-refractivity contribution in [2.24, 2.45) is 0 Å². The van der Waals surface area contributed by atoms with E-state index in [1.54, 1.807) is 0 Å². The minimum Gasteiger partial charge on any atom is -0.467 e. The Bertz CT molecular complexity index is 665. The number of carbonyl (C=O) groups excluding carboxylic acids is 2. The first kappa shape index (κ1) is 16.9. The van der Waals surface area contributed by atoms with Crippen LogP contribution in [0.25, 0.3) is 10.9 Å². The van der Waals surface area contributed by atoms with Gasteiger partial charge in [0.05, 0.1) is 13.7 Å². The summed E-state index contributed by atoms with van der Waals surface area (Å²) in [5.74, 6) is -0.497. The number of hydrogen-bond donors (Lipinski definition) is 2. The Balaban J connectivity index is 2.06. The summed E-state index contributed by atoms with van der Waals surface area (Å²) in [5, 5.41) is 3.60. The molecule has 6 nitrogen and oxygen atoms in total. The molecule has 1 aromatic carbocycles. The third-order valence-electron chi connectivity index (χ3n) is 3.61. The fourth-order valence-corrected chi connectivity index (χ4v) is 2.35. The van der Waals surface area contributed by atoms with Gasteiger partial charge in [0.2, 0.25) is 0 Å². The van der Waals surface area contributed by atoms with Crippen molar-refractivity contribution in [2.75, 3.05) is 13.7 Å². The van der Waals surface area contributed by atoms with Gasteiger partial charge in [0.25, 0.3) is 0 Å². The van der Waals surface area contributed by atoms with E-state index in [0.29, 0.717) is 13.0 Å². The van der Waals surface area contributed by atoms with Crippen LogP contribution in [-0.2, 0) is 20.7 Å². The van der Waals surface area contributed by atoms with Crippen molar-refractivity contribution < 1.29 is 19.1 Å². The number of carbonyl (C=O) groups is 2. The molecular formula is C17H22N2O4. The topological polar surface area (TPSA) is 80.4 Å². The van der Waals surface area contributed by atoms with Gasteiger partial charge in [-0.25, -0.2) is 9.59 Å². The molecule has 0 aliphatic heterocycles. The fourth-order valence-electron chi connectivity index (χ4n) is 2.35. The average Bonchev–Trinajstić information content (AvgIpc) is 2.97. The number of rotatable bonds is 7. The summed E-state index contributed by atoms with van der Waals surface area (Å²) in [5.41, 5.74) is 1.92. The van der Waals surface area contributed by atoms with E-state index in [1.165, 1.54) is 7.11 Å². The molecule has 6 heteroatoms. The lowest BCUT2D eigenvalue weighted by Crippen LogP contribution is -2.43. The fraction of sp³-hybridized carbons (Fsp3) is 0.412. The van der Waals surface area contributed by atoms with Gasteiger partial charge in [-0.15, -0.1) is 0 Å². The van der Waals surface area contributed by atoms with Crippen LogP contribution in [0.1, 0.15) is 25.3 Å². The molecule has 0 unspecified atom stereocenters. The molecule has 0 saturated carbocycles. The maximum Gasteiger partial charge on any atom is 0.407 e. The van der Waals surface area contributed by atoms with Crippen molar-refractivity contribution in [2.45, 2.75) is 32.2 Å². The molecule has 23 heavy (non-hydrogen) atoms. The Morgan fingerprint density at radius 3 is 2.83 bits per heavy atom. The number of ether oxygens (including phenoxy) is 2. The zero-order valence-electron chi connectivity index (χ0n) is 13.4. The number of unbranched alkanes of at least 4 members (excludes halogenated alkanes) is 1. The number of esters is 1. The first-order valence-corrected chi connectivity index (χ1v) is 7.71. The number of nitrogens with one attached hydrogen (secondary N) is 2. The number of amides is 1. The third kappa shape index (κ3) is 4.48. The number of aromatic amines is 1. The highest BCUT2D eigenvalue weighted by atomic mass is 16.6. The van der Waals surface area contributed by atoms with Crippen LogP contribution in [0.4, 0.5) is 4.79 Å². The number of H-pyrrole nitrogens is 1. The zero-order chi connectivity index (χ0) is 16.7. The predicted octanol–water partition coefficient (Wildman–Crippen LogP) is 2.78. The van der Waals surface area contributed by atoms with E-state index >= 15 is 0 Å². The number of methoxy groups -OCH3 is 1. The Hall–Kier alpha value is -2.50. The monoisotopic (exact) mass is 318 g/mol. The molecular weight excluding hydrogens is 296 g/mol. The van der Waals surface area contributed by atoms with E-state index < -0.39 is 18.1 Å². The van der Waals surface area contributed by atoms with E-state index in [4.69, 9.17) is 9.47 Å². The van der Waals surface area contributed by atoms with E-state index in [1.807, 2.05) is 37.4 Å². The number of alkyl carbamates (subject to hydrolysis) is 1. The Morgan fingerprint density at radius 1 is 1.30 bits per heavy atom. The van der Waals surface area contributed by atoms with Crippen LogP contribution in [0.5, 0.6) is 0 Å². The first-order chi connectivity index (χ1) is 11.2. The first-order valence-electron chi connectivity index (χ1n) is 7.71. The molecule has 0 bridgehead atoms. The highest BCUT2D eigenvalue weighted by Crippen LogP contribution is 2.19. The second kappa shape index (κ2) is 8.22. The zero-order valence-corrected chi connectivity index (χ0v) is 13.4. The Labute approximate surface area is 135 Å². The van der Waals surface area contributed by atoms with Crippen molar-refractivity contribution in [3.63, 3.8) is 0 Å². The molecule has 2 N–H and O–H groups in total. The molecule has 1 aromatic heterocycles. The molecule has 0 fully saturated rings. The SMILES string of the molecule is CCCCOC(=O)N[C@@H](Cc1c[nH]c2ccccc12)C(=O)OC. The number of hydrogen-bond acceptors (Lipinski definition) is 4. The Kier molecular flexibility index (Phi) is 6.02. The summed E-state index contributed by atoms with van der Waals surface area (Å²) in [4.78, 5) is 26.9. The lowest BCUT2D eigenvalue weighted by Gasteiger charge is -2.16. The molecule has 2 rings (SSSR count). The van der Waals surface area contributed by atoms with Crippen LogP contribution in [0.15, 0.2) is 30.5 Å². The van der Waals surface area contributed by atoms with Gasteiger partial charge >= 0.3 is 12.1 Å². The van der Waals surface area contributed by atoms with Gasteiger partial charge in [0.15, 0.2) is 0 Å². The summed E-state index contributed by atoms with van der Waals surface area (Å²) in [6.07, 6.45) is 3.29. The van der Waals surface area contributed by atoms with Gasteiger partial charge in [-0.2, -0.15) is 0 Å². The van der Waals surface area contributed by atoms with Gasteiger partial charge < -0.3 is 19.8 Å². The molecule has 0 radical (unpaired) electrons. The van der Waals surface area contributed by atoms with Crippen LogP contribution in [-0.4, -0.2) is 36.8 Å². The summed E-state index contributed by atoms with van der Waals surface area (Å²) in [6, 6.07) is 7.00. The summed E-state index contributed by atoms with van der Waals surface area (Å²) in [7, 11) is 1.30. The second-order valence-electron chi connectivity index (χ2n) is 5.27. The van der Waals surface area contributed by atoms with E-state index in [9.17, 15) is 9.59 Å². The predicted molar refractivity (Wildman–Crippen MR) is 87.2 cm³/mol. The van der Waals surface area contributed by atoms with Crippen LogP contribution >= 0.6 is 0 Å². The molecule has 0 aliphatic carbocycles. The summed E-state index contributed by atoms with van der Waals surface area (Å²) >= 11 is 0. The normalized spacial score (nSPS) is 11.9. The molecule has 1 heterocycles. The molecule has 0 aliphatic rings. The number of benzene rings is 1.